The maximum atomic E-state index is 2.31. The molecule has 3 rings (SSSR count). The Labute approximate surface area is 175 Å². The van der Waals surface area contributed by atoms with E-state index in [1.807, 2.05) is 0 Å². The minimum absolute atomic E-state index is 0. The summed E-state index contributed by atoms with van der Waals surface area (Å²) in [4.78, 5) is 0. The molecular formula is C20H26Cl2SiZr-2. The van der Waals surface area contributed by atoms with E-state index in [1.165, 1.54) is 35.6 Å². The zero-order valence-corrected chi connectivity index (χ0v) is 19.7. The fourth-order valence-electron chi connectivity index (χ4n) is 2.03. The van der Waals surface area contributed by atoms with Crippen molar-refractivity contribution in [3.05, 3.63) is 72.3 Å². The van der Waals surface area contributed by atoms with Crippen molar-refractivity contribution in [2.24, 2.45) is 0 Å². The summed E-state index contributed by atoms with van der Waals surface area (Å²) < 4.78 is 0. The Morgan fingerprint density at radius 3 is 2.21 bits per heavy atom. The standard InChI is InChI=1S/C9H7.C9H13.C2H6Si.2ClH.Zr/c1-2-5-9-7-3-6-8(9)4-1;1-2-3-6-9-7-4-5-8-9;1-3-2;;;/h1-7H;4-5,7-8H,2-3,6H2,1H3;1-2H3;2*1H;/q2*-1;;;;+2/p-2. The third-order valence-electron chi connectivity index (χ3n) is 3.10. The molecular weight excluding hydrogens is 430 g/mol. The summed E-state index contributed by atoms with van der Waals surface area (Å²) in [6.45, 7) is 6.84. The van der Waals surface area contributed by atoms with Crippen molar-refractivity contribution in [2.75, 3.05) is 0 Å². The van der Waals surface area contributed by atoms with E-state index in [0.717, 1.165) is 0 Å². The van der Waals surface area contributed by atoms with Gasteiger partial charge in [0.2, 0.25) is 0 Å². The fourth-order valence-corrected chi connectivity index (χ4v) is 2.03. The average Bonchev–Trinajstić information content (AvgIpc) is 3.16. The largest absolute Gasteiger partial charge is 1.00 e. The summed E-state index contributed by atoms with van der Waals surface area (Å²) in [5, 5.41) is 2.66. The Bertz CT molecular complexity index is 610. The van der Waals surface area contributed by atoms with Crippen molar-refractivity contribution in [1.29, 1.82) is 0 Å². The number of unbranched alkanes of at least 4 members (excludes halogenated alkanes) is 1. The maximum Gasteiger partial charge on any atom is -0.0809 e. The van der Waals surface area contributed by atoms with Crippen LogP contribution in [-0.2, 0) is 29.8 Å². The summed E-state index contributed by atoms with van der Waals surface area (Å²) in [6.07, 6.45) is 3.87. The normalized spacial score (nSPS) is 8.71. The van der Waals surface area contributed by atoms with Gasteiger partial charge in [-0.1, -0.05) is 32.3 Å². The van der Waals surface area contributed by atoms with Gasteiger partial charge in [-0.05, 0) is 0 Å². The molecule has 0 nitrogen and oxygen atoms in total. The van der Waals surface area contributed by atoms with Crippen LogP contribution in [0.4, 0.5) is 0 Å². The van der Waals surface area contributed by atoms with Gasteiger partial charge in [-0.3, -0.25) is 0 Å². The smallest absolute Gasteiger partial charge is 0.0809 e. The van der Waals surface area contributed by atoms with Crippen molar-refractivity contribution in [3.8, 4) is 0 Å². The zero-order valence-electron chi connectivity index (χ0n) is 14.7. The topological polar surface area (TPSA) is 0 Å². The van der Waals surface area contributed by atoms with Crippen LogP contribution in [0.15, 0.2) is 66.7 Å². The van der Waals surface area contributed by atoms with E-state index in [-0.39, 0.29) is 30.2 Å². The van der Waals surface area contributed by atoms with E-state index < -0.39 is 0 Å². The second kappa shape index (κ2) is 16.3. The van der Waals surface area contributed by atoms with E-state index in [1.54, 1.807) is 23.3 Å². The van der Waals surface area contributed by atoms with Crippen LogP contribution in [0.3, 0.4) is 0 Å². The van der Waals surface area contributed by atoms with Crippen molar-refractivity contribution >= 4 is 16.2 Å². The molecule has 0 radical (unpaired) electrons. The van der Waals surface area contributed by atoms with Gasteiger partial charge in [-0.2, -0.15) is 41.3 Å². The van der Waals surface area contributed by atoms with Gasteiger partial charge in [0.15, 0.2) is 0 Å². The minimum Gasteiger partial charge on any atom is -1.00 e. The second-order valence-corrected chi connectivity index (χ2v) is 14.9. The molecule has 0 spiro atoms. The Morgan fingerprint density at radius 1 is 1.00 bits per heavy atom. The molecule has 0 atom stereocenters. The molecule has 0 aliphatic rings. The van der Waals surface area contributed by atoms with Crippen molar-refractivity contribution in [3.63, 3.8) is 0 Å². The molecule has 4 heteroatoms. The van der Waals surface area contributed by atoms with Gasteiger partial charge in [0.05, 0.1) is 0 Å². The molecule has 0 amide bonds. The first-order valence-electron chi connectivity index (χ1n) is 7.96. The van der Waals surface area contributed by atoms with Gasteiger partial charge < -0.3 is 24.8 Å². The van der Waals surface area contributed by atoms with Crippen LogP contribution in [0.5, 0.6) is 0 Å². The monoisotopic (exact) mass is 454 g/mol. The fraction of sp³-hybridized carbons (Fsp3) is 0.300. The summed E-state index contributed by atoms with van der Waals surface area (Å²) in [6, 6.07) is 23.3. The first-order valence-corrected chi connectivity index (χ1v) is 14.1. The average molecular weight is 457 g/mol. The predicted molar refractivity (Wildman–Crippen MR) is 97.7 cm³/mol. The minimum atomic E-state index is 0. The summed E-state index contributed by atoms with van der Waals surface area (Å²) >= 11 is 1.74. The number of hydrogen-bond acceptors (Lipinski definition) is 0. The quantitative estimate of drug-likeness (QED) is 0.388. The Hall–Kier alpha value is -0.140. The number of aryl methyl sites for hydroxylation is 1. The number of hydrogen-bond donors (Lipinski definition) is 0. The first-order chi connectivity index (χ1) is 10.6. The van der Waals surface area contributed by atoms with E-state index in [9.17, 15) is 0 Å². The summed E-state index contributed by atoms with van der Waals surface area (Å²) in [5.41, 5.74) is 1.69. The van der Waals surface area contributed by atoms with Crippen LogP contribution < -0.4 is 24.8 Å². The van der Waals surface area contributed by atoms with E-state index in [4.69, 9.17) is 0 Å². The summed E-state index contributed by atoms with van der Waals surface area (Å²) in [5.74, 6) is 0. The van der Waals surface area contributed by atoms with E-state index in [2.05, 4.69) is 86.7 Å². The van der Waals surface area contributed by atoms with Gasteiger partial charge in [-0.15, -0.1) is 29.7 Å². The van der Waals surface area contributed by atoms with Gasteiger partial charge in [0, 0.05) is 0 Å². The molecule has 3 aromatic carbocycles. The zero-order chi connectivity index (χ0) is 16.2. The molecule has 0 saturated heterocycles. The van der Waals surface area contributed by atoms with Crippen LogP contribution in [0.25, 0.3) is 10.8 Å². The molecule has 3 aromatic rings. The van der Waals surface area contributed by atoms with E-state index >= 15 is 0 Å². The Kier molecular flexibility index (Phi) is 17.8. The van der Waals surface area contributed by atoms with Gasteiger partial charge in [0.25, 0.3) is 0 Å². The molecule has 0 N–H and O–H groups in total. The van der Waals surface area contributed by atoms with Crippen molar-refractivity contribution in [2.45, 2.75) is 39.3 Å². The Morgan fingerprint density at radius 2 is 1.67 bits per heavy atom. The molecule has 0 unspecified atom stereocenters. The number of benzene rings is 1. The molecule has 0 bridgehead atoms. The molecule has 0 fully saturated rings. The van der Waals surface area contributed by atoms with Gasteiger partial charge >= 0.3 is 41.9 Å². The van der Waals surface area contributed by atoms with Crippen LogP contribution in [-0.4, -0.2) is 5.43 Å². The van der Waals surface area contributed by atoms with Crippen LogP contribution in [0.1, 0.15) is 25.3 Å². The maximum absolute atomic E-state index is 2.31. The SMILES string of the molecule is CCCCc1cc[cH-]c1.C[Si](C)=[Zr+2].[Cl-].[Cl-].c1ccc2[cH-]ccc2c1. The van der Waals surface area contributed by atoms with Crippen molar-refractivity contribution < 1.29 is 48.1 Å². The van der Waals surface area contributed by atoms with Crippen molar-refractivity contribution in [1.82, 2.24) is 0 Å². The molecule has 0 aliphatic carbocycles. The molecule has 0 heterocycles. The first kappa shape index (κ1) is 26.1. The third kappa shape index (κ3) is 12.3. The van der Waals surface area contributed by atoms with Crippen LogP contribution in [0.2, 0.25) is 13.1 Å². The number of rotatable bonds is 3. The van der Waals surface area contributed by atoms with E-state index in [0.29, 0.717) is 0 Å². The predicted octanol–water partition coefficient (Wildman–Crippen LogP) is 0.0991. The van der Waals surface area contributed by atoms with Gasteiger partial charge in [0.1, 0.15) is 0 Å². The molecule has 0 aromatic heterocycles. The van der Waals surface area contributed by atoms with Gasteiger partial charge in [-0.25, -0.2) is 6.07 Å². The molecule has 24 heavy (non-hydrogen) atoms. The summed E-state index contributed by atoms with van der Waals surface area (Å²) in [7, 11) is 0. The molecule has 0 saturated carbocycles. The second-order valence-electron chi connectivity index (χ2n) is 5.55. The molecule has 0 aliphatic heterocycles. The Balaban J connectivity index is 0. The number of halogens is 2. The number of fused-ring (bicyclic) bond motifs is 1. The third-order valence-corrected chi connectivity index (χ3v) is 3.10. The van der Waals surface area contributed by atoms with Crippen LogP contribution >= 0.6 is 0 Å². The molecule has 130 valence electrons. The van der Waals surface area contributed by atoms with Crippen LogP contribution in [0, 0.1) is 0 Å².